The Morgan fingerprint density at radius 3 is 2.87 bits per heavy atom. The third-order valence-corrected chi connectivity index (χ3v) is 3.67. The van der Waals surface area contributed by atoms with E-state index in [0.717, 1.165) is 6.42 Å². The molecule has 0 aromatic rings. The van der Waals surface area contributed by atoms with Crippen LogP contribution in [-0.2, 0) is 14.3 Å². The summed E-state index contributed by atoms with van der Waals surface area (Å²) >= 11 is 1.47. The molecule has 2 saturated heterocycles. The zero-order valence-electron chi connectivity index (χ0n) is 8.22. The zero-order valence-corrected chi connectivity index (χ0v) is 9.03. The van der Waals surface area contributed by atoms with Crippen LogP contribution in [0, 0.1) is 0 Å². The van der Waals surface area contributed by atoms with Gasteiger partial charge in [-0.2, -0.15) is 0 Å². The summed E-state index contributed by atoms with van der Waals surface area (Å²) in [6.45, 7) is 0.606. The van der Waals surface area contributed by atoms with Crippen molar-refractivity contribution in [3.8, 4) is 0 Å². The second-order valence-electron chi connectivity index (χ2n) is 3.66. The van der Waals surface area contributed by atoms with Crippen LogP contribution in [0.15, 0.2) is 0 Å². The van der Waals surface area contributed by atoms with Gasteiger partial charge in [-0.1, -0.05) is 0 Å². The first-order valence-electron chi connectivity index (χ1n) is 4.93. The highest BCUT2D eigenvalue weighted by Crippen LogP contribution is 2.24. The molecule has 0 radical (unpaired) electrons. The summed E-state index contributed by atoms with van der Waals surface area (Å²) in [6.07, 6.45) is 1.19. The number of carbonyl (C=O) groups is 2. The Morgan fingerprint density at radius 2 is 2.27 bits per heavy atom. The van der Waals surface area contributed by atoms with E-state index in [2.05, 4.69) is 0 Å². The molecule has 0 unspecified atom stereocenters. The highest BCUT2D eigenvalue weighted by molar-refractivity contribution is 7.99. The van der Waals surface area contributed by atoms with Crippen LogP contribution in [0.5, 0.6) is 0 Å². The average Bonchev–Trinajstić information content (AvgIpc) is 2.88. The van der Waals surface area contributed by atoms with Crippen LogP contribution in [0.25, 0.3) is 0 Å². The molecule has 1 amide bonds. The number of aliphatic carboxylic acids is 1. The Bertz CT molecular complexity index is 277. The maximum atomic E-state index is 11.9. The first-order valence-corrected chi connectivity index (χ1v) is 6.08. The minimum absolute atomic E-state index is 0.162. The largest absolute Gasteiger partial charge is 0.480 e. The summed E-state index contributed by atoms with van der Waals surface area (Å²) < 4.78 is 5.26. The van der Waals surface area contributed by atoms with Crippen LogP contribution in [0.1, 0.15) is 12.8 Å². The van der Waals surface area contributed by atoms with Crippen molar-refractivity contribution in [2.75, 3.05) is 18.2 Å². The van der Waals surface area contributed by atoms with Crippen molar-refractivity contribution in [1.82, 2.24) is 4.90 Å². The van der Waals surface area contributed by atoms with E-state index in [0.29, 0.717) is 24.7 Å². The summed E-state index contributed by atoms with van der Waals surface area (Å²) in [5, 5.41) is 8.93. The number of carboxylic acid groups (broad SMARTS) is 1. The minimum atomic E-state index is -0.925. The average molecular weight is 231 g/mol. The van der Waals surface area contributed by atoms with Crippen molar-refractivity contribution >= 4 is 23.6 Å². The lowest BCUT2D eigenvalue weighted by molar-refractivity contribution is -0.151. The van der Waals surface area contributed by atoms with Gasteiger partial charge in [0.05, 0.1) is 5.88 Å². The van der Waals surface area contributed by atoms with Gasteiger partial charge < -0.3 is 14.7 Å². The molecular formula is C9H13NO4S. The topological polar surface area (TPSA) is 66.8 Å². The van der Waals surface area contributed by atoms with Gasteiger partial charge in [0.1, 0.15) is 12.1 Å². The van der Waals surface area contributed by atoms with Crippen LogP contribution in [0.3, 0.4) is 0 Å². The Morgan fingerprint density at radius 1 is 1.47 bits per heavy atom. The van der Waals surface area contributed by atoms with Crippen molar-refractivity contribution in [1.29, 1.82) is 0 Å². The molecule has 2 aliphatic rings. The number of hydrogen-bond acceptors (Lipinski definition) is 4. The lowest BCUT2D eigenvalue weighted by Crippen LogP contribution is -2.46. The maximum Gasteiger partial charge on any atom is 0.327 e. The van der Waals surface area contributed by atoms with E-state index >= 15 is 0 Å². The van der Waals surface area contributed by atoms with Gasteiger partial charge in [-0.05, 0) is 12.8 Å². The predicted octanol–water partition coefficient (Wildman–Crippen LogP) is 0.151. The molecule has 0 aliphatic carbocycles. The number of ether oxygens (including phenoxy) is 1. The van der Waals surface area contributed by atoms with E-state index in [-0.39, 0.29) is 5.91 Å². The van der Waals surface area contributed by atoms with Crippen molar-refractivity contribution in [2.24, 2.45) is 0 Å². The number of nitrogens with zero attached hydrogens (tertiary/aromatic N) is 1. The monoisotopic (exact) mass is 231 g/mol. The zero-order chi connectivity index (χ0) is 10.8. The number of carboxylic acids is 1. The summed E-state index contributed by atoms with van der Waals surface area (Å²) in [6, 6.07) is -0.674. The molecule has 0 saturated carbocycles. The second kappa shape index (κ2) is 4.40. The van der Waals surface area contributed by atoms with Gasteiger partial charge in [0.15, 0.2) is 0 Å². The molecule has 2 fully saturated rings. The van der Waals surface area contributed by atoms with Crippen LogP contribution in [0.2, 0.25) is 0 Å². The summed E-state index contributed by atoms with van der Waals surface area (Å²) in [5.74, 6) is -0.139. The molecule has 0 aromatic heterocycles. The van der Waals surface area contributed by atoms with Crippen molar-refractivity contribution in [3.05, 3.63) is 0 Å². The minimum Gasteiger partial charge on any atom is -0.480 e. The quantitative estimate of drug-likeness (QED) is 0.733. The van der Waals surface area contributed by atoms with Crippen LogP contribution >= 0.6 is 11.8 Å². The first-order chi connectivity index (χ1) is 7.20. The predicted molar refractivity (Wildman–Crippen MR) is 54.6 cm³/mol. The molecule has 6 heteroatoms. The third kappa shape index (κ3) is 2.10. The van der Waals surface area contributed by atoms with E-state index < -0.39 is 18.1 Å². The van der Waals surface area contributed by atoms with Gasteiger partial charge in [-0.3, -0.25) is 4.79 Å². The number of carbonyl (C=O) groups excluding carboxylic acids is 1. The molecule has 2 heterocycles. The fourth-order valence-corrected chi connectivity index (χ4v) is 2.98. The van der Waals surface area contributed by atoms with Crippen molar-refractivity contribution < 1.29 is 19.4 Å². The Labute approximate surface area is 91.8 Å². The fourth-order valence-electron chi connectivity index (χ4n) is 1.82. The highest BCUT2D eigenvalue weighted by atomic mass is 32.2. The van der Waals surface area contributed by atoms with Gasteiger partial charge in [-0.25, -0.2) is 4.79 Å². The second-order valence-corrected chi connectivity index (χ2v) is 4.66. The Kier molecular flexibility index (Phi) is 3.16. The third-order valence-electron chi connectivity index (χ3n) is 2.66. The van der Waals surface area contributed by atoms with Crippen LogP contribution < -0.4 is 0 Å². The molecule has 5 nitrogen and oxygen atoms in total. The normalized spacial score (nSPS) is 30.8. The van der Waals surface area contributed by atoms with E-state index in [1.807, 2.05) is 0 Å². The molecule has 2 aliphatic heterocycles. The standard InChI is InChI=1S/C9H13NO4S/c11-8(7-2-1-3-14-7)10-5-15-4-6(10)9(12)13/h6-7H,1-5H2,(H,12,13)/t6-,7+/m0/s1. The summed E-state index contributed by atoms with van der Waals surface area (Å²) in [7, 11) is 0. The van der Waals surface area contributed by atoms with Crippen LogP contribution in [0.4, 0.5) is 0 Å². The van der Waals surface area contributed by atoms with Crippen molar-refractivity contribution in [3.63, 3.8) is 0 Å². The van der Waals surface area contributed by atoms with Gasteiger partial charge in [-0.15, -0.1) is 11.8 Å². The molecule has 0 bridgehead atoms. The first kappa shape index (κ1) is 10.8. The van der Waals surface area contributed by atoms with Gasteiger partial charge >= 0.3 is 5.97 Å². The molecule has 0 aromatic carbocycles. The Balaban J connectivity index is 2.02. The molecule has 2 rings (SSSR count). The van der Waals surface area contributed by atoms with Crippen molar-refractivity contribution in [2.45, 2.75) is 25.0 Å². The van der Waals surface area contributed by atoms with Gasteiger partial charge in [0, 0.05) is 12.4 Å². The number of hydrogen-bond donors (Lipinski definition) is 1. The number of rotatable bonds is 2. The summed E-state index contributed by atoms with van der Waals surface area (Å²) in [5.41, 5.74) is 0. The Hall–Kier alpha value is -0.750. The maximum absolute atomic E-state index is 11.9. The highest BCUT2D eigenvalue weighted by Gasteiger charge is 2.38. The molecule has 2 atom stereocenters. The van der Waals surface area contributed by atoms with Crippen LogP contribution in [-0.4, -0.2) is 52.3 Å². The molecular weight excluding hydrogens is 218 g/mol. The number of thioether (sulfide) groups is 1. The van der Waals surface area contributed by atoms with Gasteiger partial charge in [0.2, 0.25) is 0 Å². The lowest BCUT2D eigenvalue weighted by atomic mass is 10.2. The van der Waals surface area contributed by atoms with E-state index in [1.54, 1.807) is 0 Å². The molecule has 1 N–H and O–H groups in total. The lowest BCUT2D eigenvalue weighted by Gasteiger charge is -2.23. The smallest absolute Gasteiger partial charge is 0.327 e. The molecule has 0 spiro atoms. The van der Waals surface area contributed by atoms with Gasteiger partial charge in [0.25, 0.3) is 5.91 Å². The fraction of sp³-hybridized carbons (Fsp3) is 0.778. The van der Waals surface area contributed by atoms with E-state index in [9.17, 15) is 9.59 Å². The van der Waals surface area contributed by atoms with E-state index in [1.165, 1.54) is 16.7 Å². The SMILES string of the molecule is O=C(O)[C@@H]1CSCN1C(=O)[C@H]1CCCO1. The molecule has 15 heavy (non-hydrogen) atoms. The summed E-state index contributed by atoms with van der Waals surface area (Å²) in [4.78, 5) is 24.2. The van der Waals surface area contributed by atoms with E-state index in [4.69, 9.17) is 9.84 Å². The number of amides is 1. The molecule has 84 valence electrons.